The Morgan fingerprint density at radius 1 is 1.04 bits per heavy atom. The molecule has 0 aliphatic carbocycles. The van der Waals surface area contributed by atoms with Crippen LogP contribution in [-0.2, 0) is 0 Å². The SMILES string of the molecule is Cc1cc(OC(=O)c2ccc(C#N)cc2)ccc1N=Nc1ccncc1. The summed E-state index contributed by atoms with van der Waals surface area (Å²) >= 11 is 0. The number of aromatic nitrogens is 1. The van der Waals surface area contributed by atoms with Gasteiger partial charge >= 0.3 is 5.97 Å². The van der Waals surface area contributed by atoms with E-state index in [0.29, 0.717) is 28.3 Å². The van der Waals surface area contributed by atoms with Crippen molar-refractivity contribution < 1.29 is 9.53 Å². The number of nitrogens with zero attached hydrogens (tertiary/aromatic N) is 4. The summed E-state index contributed by atoms with van der Waals surface area (Å²) in [5.74, 6) is -0.0697. The summed E-state index contributed by atoms with van der Waals surface area (Å²) in [6.45, 7) is 1.86. The zero-order valence-corrected chi connectivity index (χ0v) is 14.0. The molecule has 0 bridgehead atoms. The third kappa shape index (κ3) is 4.16. The van der Waals surface area contributed by atoms with Gasteiger partial charge in [0.2, 0.25) is 0 Å². The number of aryl methyl sites for hydroxylation is 1. The number of benzene rings is 2. The molecule has 2 aromatic carbocycles. The van der Waals surface area contributed by atoms with Crippen molar-refractivity contribution >= 4 is 17.3 Å². The summed E-state index contributed by atoms with van der Waals surface area (Å²) in [6.07, 6.45) is 3.29. The molecule has 0 aliphatic heterocycles. The van der Waals surface area contributed by atoms with Crippen molar-refractivity contribution in [3.05, 3.63) is 83.7 Å². The maximum Gasteiger partial charge on any atom is 0.343 e. The molecular formula is C20H14N4O2. The Morgan fingerprint density at radius 3 is 2.42 bits per heavy atom. The molecule has 0 unspecified atom stereocenters. The van der Waals surface area contributed by atoms with Crippen LogP contribution in [0.2, 0.25) is 0 Å². The van der Waals surface area contributed by atoms with Crippen LogP contribution in [0.25, 0.3) is 0 Å². The highest BCUT2D eigenvalue weighted by atomic mass is 16.5. The van der Waals surface area contributed by atoms with Crippen LogP contribution in [-0.4, -0.2) is 11.0 Å². The van der Waals surface area contributed by atoms with E-state index < -0.39 is 5.97 Å². The minimum Gasteiger partial charge on any atom is -0.423 e. The Balaban J connectivity index is 1.71. The van der Waals surface area contributed by atoms with Gasteiger partial charge in [-0.15, -0.1) is 0 Å². The second kappa shape index (κ2) is 7.81. The molecule has 0 fully saturated rings. The Hall–Kier alpha value is -3.85. The van der Waals surface area contributed by atoms with E-state index in [9.17, 15) is 4.79 Å². The lowest BCUT2D eigenvalue weighted by Crippen LogP contribution is -2.08. The van der Waals surface area contributed by atoms with Gasteiger partial charge < -0.3 is 4.74 Å². The maximum atomic E-state index is 12.2. The Kier molecular flexibility index (Phi) is 5.11. The van der Waals surface area contributed by atoms with Gasteiger partial charge in [-0.25, -0.2) is 4.79 Å². The zero-order valence-electron chi connectivity index (χ0n) is 14.0. The van der Waals surface area contributed by atoms with Crippen LogP contribution >= 0.6 is 0 Å². The van der Waals surface area contributed by atoms with Crippen LogP contribution < -0.4 is 4.74 Å². The summed E-state index contributed by atoms with van der Waals surface area (Å²) in [5.41, 5.74) is 3.08. The summed E-state index contributed by atoms with van der Waals surface area (Å²) in [7, 11) is 0. The number of carbonyl (C=O) groups excluding carboxylic acids is 1. The smallest absolute Gasteiger partial charge is 0.343 e. The molecule has 0 saturated heterocycles. The normalized spacial score (nSPS) is 10.5. The van der Waals surface area contributed by atoms with Gasteiger partial charge in [-0.3, -0.25) is 4.98 Å². The number of hydrogen-bond donors (Lipinski definition) is 0. The van der Waals surface area contributed by atoms with Gasteiger partial charge in [0.15, 0.2) is 0 Å². The largest absolute Gasteiger partial charge is 0.423 e. The van der Waals surface area contributed by atoms with Crippen LogP contribution in [0.4, 0.5) is 11.4 Å². The standard InChI is InChI=1S/C20H14N4O2/c1-14-12-18(26-20(25)16-4-2-15(13-21)3-5-16)6-7-19(14)24-23-17-8-10-22-11-9-17/h2-12H,1H3. The zero-order chi connectivity index (χ0) is 18.4. The molecule has 6 heteroatoms. The van der Waals surface area contributed by atoms with Crippen LogP contribution in [0.5, 0.6) is 5.75 Å². The summed E-state index contributed by atoms with van der Waals surface area (Å²) < 4.78 is 5.37. The maximum absolute atomic E-state index is 12.2. The van der Waals surface area contributed by atoms with E-state index in [0.717, 1.165) is 5.56 Å². The van der Waals surface area contributed by atoms with E-state index in [4.69, 9.17) is 10.00 Å². The Morgan fingerprint density at radius 2 is 1.77 bits per heavy atom. The molecule has 6 nitrogen and oxygen atoms in total. The van der Waals surface area contributed by atoms with Crippen molar-refractivity contribution in [1.82, 2.24) is 4.98 Å². The second-order valence-corrected chi connectivity index (χ2v) is 5.43. The first-order chi connectivity index (χ1) is 12.7. The number of hydrogen-bond acceptors (Lipinski definition) is 6. The molecule has 0 radical (unpaired) electrons. The van der Waals surface area contributed by atoms with E-state index >= 15 is 0 Å². The molecule has 1 heterocycles. The van der Waals surface area contributed by atoms with Crippen molar-refractivity contribution in [2.45, 2.75) is 6.92 Å². The van der Waals surface area contributed by atoms with E-state index in [2.05, 4.69) is 15.2 Å². The number of carbonyl (C=O) groups is 1. The fraction of sp³-hybridized carbons (Fsp3) is 0.0500. The minimum atomic E-state index is -0.486. The lowest BCUT2D eigenvalue weighted by atomic mass is 10.1. The lowest BCUT2D eigenvalue weighted by Gasteiger charge is -2.06. The first kappa shape index (κ1) is 17.0. The number of esters is 1. The molecule has 3 rings (SSSR count). The molecule has 0 atom stereocenters. The van der Waals surface area contributed by atoms with Crippen LogP contribution in [0, 0.1) is 18.3 Å². The van der Waals surface area contributed by atoms with E-state index in [-0.39, 0.29) is 0 Å². The third-order valence-electron chi connectivity index (χ3n) is 3.56. The molecule has 0 saturated carbocycles. The topological polar surface area (TPSA) is 87.7 Å². The average molecular weight is 342 g/mol. The molecule has 1 aromatic heterocycles. The number of nitriles is 1. The summed E-state index contributed by atoms with van der Waals surface area (Å²) in [6, 6.07) is 16.9. The van der Waals surface area contributed by atoms with Crippen LogP contribution in [0.3, 0.4) is 0 Å². The van der Waals surface area contributed by atoms with Gasteiger partial charge in [0.1, 0.15) is 5.75 Å². The summed E-state index contributed by atoms with van der Waals surface area (Å²) in [5, 5.41) is 17.1. The number of rotatable bonds is 4. The lowest BCUT2D eigenvalue weighted by molar-refractivity contribution is 0.0734. The monoisotopic (exact) mass is 342 g/mol. The van der Waals surface area contributed by atoms with E-state index in [1.165, 1.54) is 0 Å². The molecular weight excluding hydrogens is 328 g/mol. The highest BCUT2D eigenvalue weighted by Gasteiger charge is 2.09. The number of pyridine rings is 1. The molecule has 0 aliphatic rings. The predicted molar refractivity (Wildman–Crippen MR) is 95.7 cm³/mol. The highest BCUT2D eigenvalue weighted by molar-refractivity contribution is 5.91. The van der Waals surface area contributed by atoms with Gasteiger partial charge in [-0.05, 0) is 67.1 Å². The first-order valence-electron chi connectivity index (χ1n) is 7.80. The van der Waals surface area contributed by atoms with Crippen LogP contribution in [0.15, 0.2) is 77.2 Å². The van der Waals surface area contributed by atoms with Crippen molar-refractivity contribution in [3.63, 3.8) is 0 Å². The average Bonchev–Trinajstić information content (AvgIpc) is 2.68. The van der Waals surface area contributed by atoms with Gasteiger partial charge in [-0.2, -0.15) is 15.5 Å². The van der Waals surface area contributed by atoms with Gasteiger partial charge in [0.05, 0.1) is 28.6 Å². The third-order valence-corrected chi connectivity index (χ3v) is 3.56. The van der Waals surface area contributed by atoms with E-state index in [1.807, 2.05) is 13.0 Å². The van der Waals surface area contributed by atoms with Gasteiger partial charge in [0, 0.05) is 12.4 Å². The summed E-state index contributed by atoms with van der Waals surface area (Å²) in [4.78, 5) is 16.1. The predicted octanol–water partition coefficient (Wildman–Crippen LogP) is 4.90. The Labute approximate surface area is 150 Å². The molecule has 3 aromatic rings. The molecule has 126 valence electrons. The van der Waals surface area contributed by atoms with Crippen molar-refractivity contribution in [2.24, 2.45) is 10.2 Å². The fourth-order valence-corrected chi connectivity index (χ4v) is 2.17. The fourth-order valence-electron chi connectivity index (χ4n) is 2.17. The van der Waals surface area contributed by atoms with E-state index in [1.54, 1.807) is 67.0 Å². The Bertz CT molecular complexity index is 991. The quantitative estimate of drug-likeness (QED) is 0.383. The second-order valence-electron chi connectivity index (χ2n) is 5.43. The van der Waals surface area contributed by atoms with Crippen molar-refractivity contribution in [2.75, 3.05) is 0 Å². The molecule has 0 N–H and O–H groups in total. The molecule has 0 amide bonds. The van der Waals surface area contributed by atoms with Crippen LogP contribution in [0.1, 0.15) is 21.5 Å². The van der Waals surface area contributed by atoms with Crippen molar-refractivity contribution in [3.8, 4) is 11.8 Å². The highest BCUT2D eigenvalue weighted by Crippen LogP contribution is 2.26. The van der Waals surface area contributed by atoms with Crippen molar-refractivity contribution in [1.29, 1.82) is 5.26 Å². The number of azo groups is 1. The first-order valence-corrected chi connectivity index (χ1v) is 7.80. The van der Waals surface area contributed by atoms with Gasteiger partial charge in [-0.1, -0.05) is 0 Å². The molecule has 26 heavy (non-hydrogen) atoms. The minimum absolute atomic E-state index is 0.378. The molecule has 0 spiro atoms. The number of ether oxygens (including phenoxy) is 1. The van der Waals surface area contributed by atoms with Gasteiger partial charge in [0.25, 0.3) is 0 Å².